The third kappa shape index (κ3) is 2.96. The molecule has 0 aromatic carbocycles. The van der Waals surface area contributed by atoms with Gasteiger partial charge in [-0.15, -0.1) is 10.2 Å². The van der Waals surface area contributed by atoms with E-state index in [9.17, 15) is 18.0 Å². The lowest BCUT2D eigenvalue weighted by atomic mass is 9.93. The summed E-state index contributed by atoms with van der Waals surface area (Å²) in [7, 11) is 0. The Morgan fingerprint density at radius 3 is 2.63 bits per heavy atom. The van der Waals surface area contributed by atoms with E-state index in [-0.39, 0.29) is 17.1 Å². The Morgan fingerprint density at radius 1 is 1.42 bits per heavy atom. The Hall–Kier alpha value is -1.38. The molecule has 0 spiro atoms. The van der Waals surface area contributed by atoms with E-state index in [0.29, 0.717) is 30.7 Å². The zero-order valence-electron chi connectivity index (χ0n) is 10.1. The Labute approximate surface area is 111 Å². The third-order valence-corrected chi connectivity index (χ3v) is 4.19. The maximum atomic E-state index is 12.5. The zero-order valence-corrected chi connectivity index (χ0v) is 11.0. The molecule has 0 saturated carbocycles. The number of piperidine rings is 1. The molecular formula is C10H13F3N4OS. The van der Waals surface area contributed by atoms with E-state index in [4.69, 9.17) is 5.73 Å². The second kappa shape index (κ2) is 4.95. The molecule has 1 amide bonds. The number of carbonyl (C=O) groups excluding carboxylic acids is 1. The number of nitrogens with zero attached hydrogens (tertiary/aromatic N) is 3. The van der Waals surface area contributed by atoms with Crippen LogP contribution in [0.25, 0.3) is 0 Å². The second-order valence-electron chi connectivity index (χ2n) is 4.57. The van der Waals surface area contributed by atoms with Crippen LogP contribution in [0.3, 0.4) is 0 Å². The Bertz CT molecular complexity index is 476. The predicted octanol–water partition coefficient (Wildman–Crippen LogP) is 1.65. The van der Waals surface area contributed by atoms with Gasteiger partial charge in [-0.2, -0.15) is 13.2 Å². The smallest absolute Gasteiger partial charge is 0.369 e. The van der Waals surface area contributed by atoms with Crippen LogP contribution < -0.4 is 10.6 Å². The predicted molar refractivity (Wildman–Crippen MR) is 63.6 cm³/mol. The third-order valence-electron chi connectivity index (χ3n) is 3.19. The average molecular weight is 294 g/mol. The summed E-state index contributed by atoms with van der Waals surface area (Å²) in [5.74, 6) is -0.785. The first-order valence-electron chi connectivity index (χ1n) is 5.75. The van der Waals surface area contributed by atoms with E-state index in [2.05, 4.69) is 10.2 Å². The molecule has 19 heavy (non-hydrogen) atoms. The lowest BCUT2D eigenvalue weighted by molar-refractivity contribution is -0.138. The molecule has 9 heteroatoms. The number of hydrogen-bond donors (Lipinski definition) is 1. The number of carbonyl (C=O) groups is 1. The molecule has 106 valence electrons. The highest BCUT2D eigenvalue weighted by Crippen LogP contribution is 2.36. The van der Waals surface area contributed by atoms with Gasteiger partial charge < -0.3 is 10.6 Å². The Kier molecular flexibility index (Phi) is 3.66. The van der Waals surface area contributed by atoms with Gasteiger partial charge in [0.25, 0.3) is 0 Å². The molecule has 0 unspecified atom stereocenters. The molecular weight excluding hydrogens is 281 g/mol. The number of hydrogen-bond acceptors (Lipinski definition) is 5. The van der Waals surface area contributed by atoms with Crippen LogP contribution in [0.5, 0.6) is 0 Å². The van der Waals surface area contributed by atoms with E-state index in [1.807, 2.05) is 6.92 Å². The molecule has 5 nitrogen and oxygen atoms in total. The average Bonchev–Trinajstić information content (AvgIpc) is 2.78. The highest BCUT2D eigenvalue weighted by atomic mass is 32.1. The fourth-order valence-corrected chi connectivity index (χ4v) is 2.88. The van der Waals surface area contributed by atoms with E-state index in [1.165, 1.54) is 0 Å². The maximum absolute atomic E-state index is 12.5. The first-order valence-corrected chi connectivity index (χ1v) is 6.57. The normalized spacial score (nSPS) is 24.5. The zero-order chi connectivity index (χ0) is 14.2. The fourth-order valence-electron chi connectivity index (χ4n) is 2.05. The van der Waals surface area contributed by atoms with Crippen molar-refractivity contribution in [1.82, 2.24) is 10.2 Å². The van der Waals surface area contributed by atoms with Gasteiger partial charge in [-0.1, -0.05) is 11.3 Å². The molecule has 1 aliphatic rings. The monoisotopic (exact) mass is 294 g/mol. The van der Waals surface area contributed by atoms with Gasteiger partial charge in [-0.05, 0) is 19.8 Å². The minimum absolute atomic E-state index is 0.0182. The SMILES string of the molecule is C[C@@H]1CC[C@@H](C(N)=O)CN1c1nnc(C(F)(F)F)s1. The number of alkyl halides is 3. The molecule has 1 aromatic rings. The van der Waals surface area contributed by atoms with Crippen molar-refractivity contribution in [2.45, 2.75) is 32.0 Å². The van der Waals surface area contributed by atoms with Crippen molar-refractivity contribution < 1.29 is 18.0 Å². The van der Waals surface area contributed by atoms with Gasteiger partial charge in [0.15, 0.2) is 0 Å². The van der Waals surface area contributed by atoms with Crippen LogP contribution in [0, 0.1) is 5.92 Å². The molecule has 2 rings (SSSR count). The number of primary amides is 1. The summed E-state index contributed by atoms with van der Waals surface area (Å²) in [6.07, 6.45) is -3.15. The molecule has 1 saturated heterocycles. The molecule has 1 fully saturated rings. The van der Waals surface area contributed by atoms with Crippen molar-refractivity contribution in [3.63, 3.8) is 0 Å². The minimum Gasteiger partial charge on any atom is -0.369 e. The van der Waals surface area contributed by atoms with E-state index in [1.54, 1.807) is 4.90 Å². The lowest BCUT2D eigenvalue weighted by Crippen LogP contribution is -2.45. The summed E-state index contributed by atoms with van der Waals surface area (Å²) in [5, 5.41) is 5.94. The summed E-state index contributed by atoms with van der Waals surface area (Å²) in [4.78, 5) is 12.9. The van der Waals surface area contributed by atoms with Gasteiger partial charge in [-0.3, -0.25) is 4.79 Å². The van der Waals surface area contributed by atoms with Crippen molar-refractivity contribution in [2.75, 3.05) is 11.4 Å². The number of nitrogens with two attached hydrogens (primary N) is 1. The number of rotatable bonds is 2. The standard InChI is InChI=1S/C10H13F3N4OS/c1-5-2-3-6(7(14)18)4-17(5)9-16-15-8(19-9)10(11,12)13/h5-6H,2-4H2,1H3,(H2,14,18)/t5-,6-/m1/s1. The molecule has 0 radical (unpaired) electrons. The lowest BCUT2D eigenvalue weighted by Gasteiger charge is -2.36. The largest absolute Gasteiger partial charge is 0.445 e. The quantitative estimate of drug-likeness (QED) is 0.900. The van der Waals surface area contributed by atoms with Gasteiger partial charge in [0.1, 0.15) is 0 Å². The van der Waals surface area contributed by atoms with Gasteiger partial charge >= 0.3 is 6.18 Å². The van der Waals surface area contributed by atoms with Gasteiger partial charge in [0, 0.05) is 12.6 Å². The van der Waals surface area contributed by atoms with Crippen LogP contribution in [-0.2, 0) is 11.0 Å². The van der Waals surface area contributed by atoms with Gasteiger partial charge in [0.05, 0.1) is 5.92 Å². The summed E-state index contributed by atoms with van der Waals surface area (Å²) in [6.45, 7) is 2.18. The van der Waals surface area contributed by atoms with Crippen molar-refractivity contribution in [3.05, 3.63) is 5.01 Å². The first kappa shape index (κ1) is 14.0. The number of halogens is 3. The molecule has 0 bridgehead atoms. The van der Waals surface area contributed by atoms with E-state index in [0.717, 1.165) is 0 Å². The first-order chi connectivity index (χ1) is 8.79. The summed E-state index contributed by atoms with van der Waals surface area (Å²) in [6, 6.07) is 0.0182. The molecule has 0 aliphatic carbocycles. The van der Waals surface area contributed by atoms with Gasteiger partial charge in [-0.25, -0.2) is 0 Å². The van der Waals surface area contributed by atoms with E-state index >= 15 is 0 Å². The summed E-state index contributed by atoms with van der Waals surface area (Å²) in [5.41, 5.74) is 5.25. The van der Waals surface area contributed by atoms with Crippen molar-refractivity contribution >= 4 is 22.4 Å². The van der Waals surface area contributed by atoms with Gasteiger partial charge in [0.2, 0.25) is 16.0 Å². The molecule has 1 aromatic heterocycles. The minimum atomic E-state index is -4.49. The van der Waals surface area contributed by atoms with E-state index < -0.39 is 17.1 Å². The van der Waals surface area contributed by atoms with Crippen molar-refractivity contribution in [2.24, 2.45) is 11.7 Å². The fraction of sp³-hybridized carbons (Fsp3) is 0.700. The number of amides is 1. The highest BCUT2D eigenvalue weighted by Gasteiger charge is 2.37. The second-order valence-corrected chi connectivity index (χ2v) is 5.52. The molecule has 2 atom stereocenters. The molecule has 2 heterocycles. The van der Waals surface area contributed by atoms with Crippen LogP contribution in [0.4, 0.5) is 18.3 Å². The van der Waals surface area contributed by atoms with Crippen molar-refractivity contribution in [3.8, 4) is 0 Å². The maximum Gasteiger partial charge on any atom is 0.445 e. The Morgan fingerprint density at radius 2 is 2.11 bits per heavy atom. The van der Waals surface area contributed by atoms with Crippen LogP contribution in [0.2, 0.25) is 0 Å². The molecule has 2 N–H and O–H groups in total. The number of aromatic nitrogens is 2. The topological polar surface area (TPSA) is 72.1 Å². The van der Waals surface area contributed by atoms with Crippen molar-refractivity contribution in [1.29, 1.82) is 0 Å². The highest BCUT2D eigenvalue weighted by molar-refractivity contribution is 7.15. The summed E-state index contributed by atoms with van der Waals surface area (Å²) < 4.78 is 37.5. The van der Waals surface area contributed by atoms with Crippen LogP contribution in [0.1, 0.15) is 24.8 Å². The summed E-state index contributed by atoms with van der Waals surface area (Å²) >= 11 is 0.490. The van der Waals surface area contributed by atoms with Crippen LogP contribution in [0.15, 0.2) is 0 Å². The van der Waals surface area contributed by atoms with Crippen LogP contribution in [-0.4, -0.2) is 28.7 Å². The Balaban J connectivity index is 2.19. The number of anilines is 1. The van der Waals surface area contributed by atoms with Crippen LogP contribution >= 0.6 is 11.3 Å². The molecule has 1 aliphatic heterocycles.